The van der Waals surface area contributed by atoms with Gasteiger partial charge in [0.2, 0.25) is 0 Å². The Hall–Kier alpha value is -2.42. The van der Waals surface area contributed by atoms with Crippen LogP contribution in [0.2, 0.25) is 0 Å². The standard InChI is InChI=1S/C23H30F2N6O4S/c1-23(2,33)35-18-9-12(34-6-5-32)8-17(18)31-21-19(29-30-31)20(27-22(36)28-21)26-16-10-13(16)11-3-4-14(24)15(25)7-11/h3-4,7,12-13,16-18,29-30,32-33H,5-6,8-10H2,1-2H3,(H2,26,27,28,36). The summed E-state index contributed by atoms with van der Waals surface area (Å²) in [5, 5.41) is 24.7. The summed E-state index contributed by atoms with van der Waals surface area (Å²) < 4.78 is 39.0. The summed E-state index contributed by atoms with van der Waals surface area (Å²) in [6.45, 7) is 3.28. The lowest BCUT2D eigenvalue weighted by atomic mass is 10.1. The molecule has 2 aliphatic carbocycles. The predicted octanol–water partition coefficient (Wildman–Crippen LogP) is 2.69. The molecule has 0 bridgehead atoms. The lowest BCUT2D eigenvalue weighted by Crippen LogP contribution is -2.50. The number of hydrazine groups is 2. The highest BCUT2D eigenvalue weighted by molar-refractivity contribution is 7.71. The minimum Gasteiger partial charge on any atom is -0.394 e. The van der Waals surface area contributed by atoms with Gasteiger partial charge in [0, 0.05) is 18.4 Å². The van der Waals surface area contributed by atoms with Crippen LogP contribution in [0, 0.1) is 16.4 Å². The second kappa shape index (κ2) is 9.80. The smallest absolute Gasteiger partial charge is 0.200 e. The molecule has 6 N–H and O–H groups in total. The summed E-state index contributed by atoms with van der Waals surface area (Å²) in [5.41, 5.74) is 7.65. The van der Waals surface area contributed by atoms with Gasteiger partial charge >= 0.3 is 0 Å². The molecule has 1 aromatic heterocycles. The molecule has 2 heterocycles. The summed E-state index contributed by atoms with van der Waals surface area (Å²) in [5.74, 6) is -1.84. The molecule has 0 saturated heterocycles. The number of aliphatic hydroxyl groups is 2. The van der Waals surface area contributed by atoms with Gasteiger partial charge in [-0.05, 0) is 56.6 Å². The zero-order valence-corrected chi connectivity index (χ0v) is 20.7. The van der Waals surface area contributed by atoms with Crippen LogP contribution in [-0.2, 0) is 9.47 Å². The number of hydrogen-bond acceptors (Lipinski definition) is 10. The van der Waals surface area contributed by atoms with Crippen molar-refractivity contribution >= 4 is 29.5 Å². The fraction of sp³-hybridized carbons (Fsp3) is 0.565. The number of aromatic nitrogens is 2. The van der Waals surface area contributed by atoms with Crippen molar-refractivity contribution < 1.29 is 28.5 Å². The molecule has 1 aromatic carbocycles. The Kier molecular flexibility index (Phi) is 6.87. The Balaban J connectivity index is 1.35. The highest BCUT2D eigenvalue weighted by Crippen LogP contribution is 2.45. The molecular formula is C23H30F2N6O4S. The molecule has 0 spiro atoms. The van der Waals surface area contributed by atoms with Gasteiger partial charge in [0.25, 0.3) is 0 Å². The first-order valence-electron chi connectivity index (χ1n) is 11.9. The van der Waals surface area contributed by atoms with E-state index in [4.69, 9.17) is 26.8 Å². The average Bonchev–Trinajstić information content (AvgIpc) is 3.26. The normalized spacial score (nSPS) is 27.2. The number of ether oxygens (including phenoxy) is 2. The molecule has 10 nitrogen and oxygen atoms in total. The fourth-order valence-corrected chi connectivity index (χ4v) is 5.17. The van der Waals surface area contributed by atoms with Crippen LogP contribution in [0.25, 0.3) is 0 Å². The van der Waals surface area contributed by atoms with Crippen LogP contribution < -0.4 is 21.3 Å². The van der Waals surface area contributed by atoms with E-state index in [9.17, 15) is 13.9 Å². The van der Waals surface area contributed by atoms with Gasteiger partial charge in [-0.1, -0.05) is 6.07 Å². The predicted molar refractivity (Wildman–Crippen MR) is 131 cm³/mol. The first-order chi connectivity index (χ1) is 17.1. The van der Waals surface area contributed by atoms with Crippen molar-refractivity contribution in [3.05, 3.63) is 40.2 Å². The molecule has 5 atom stereocenters. The number of nitrogens with one attached hydrogen (secondary N) is 4. The highest BCUT2D eigenvalue weighted by atomic mass is 32.1. The molecule has 5 rings (SSSR count). The van der Waals surface area contributed by atoms with Gasteiger partial charge in [0.15, 0.2) is 28.0 Å². The first kappa shape index (κ1) is 25.2. The van der Waals surface area contributed by atoms with Gasteiger partial charge in [-0.25, -0.2) is 8.78 Å². The zero-order valence-electron chi connectivity index (χ0n) is 19.9. The van der Waals surface area contributed by atoms with E-state index in [0.717, 1.165) is 18.1 Å². The fourth-order valence-electron chi connectivity index (χ4n) is 4.98. The van der Waals surface area contributed by atoms with E-state index < -0.39 is 17.4 Å². The van der Waals surface area contributed by atoms with E-state index in [0.29, 0.717) is 30.2 Å². The molecule has 5 unspecified atom stereocenters. The van der Waals surface area contributed by atoms with Crippen molar-refractivity contribution in [1.82, 2.24) is 15.5 Å². The Bertz CT molecular complexity index is 1180. The van der Waals surface area contributed by atoms with Crippen molar-refractivity contribution in [2.24, 2.45) is 0 Å². The van der Waals surface area contributed by atoms with Crippen molar-refractivity contribution in [2.75, 3.05) is 29.0 Å². The number of rotatable bonds is 9. The molecule has 2 aromatic rings. The first-order valence-corrected chi connectivity index (χ1v) is 12.3. The number of fused-ring (bicyclic) bond motifs is 1. The lowest BCUT2D eigenvalue weighted by Gasteiger charge is -2.32. The molecule has 0 radical (unpaired) electrons. The number of aliphatic hydroxyl groups excluding tert-OH is 1. The average molecular weight is 525 g/mol. The van der Waals surface area contributed by atoms with Crippen LogP contribution in [0.5, 0.6) is 0 Å². The van der Waals surface area contributed by atoms with Gasteiger partial charge in [-0.15, -0.1) is 5.53 Å². The molecule has 196 valence electrons. The maximum absolute atomic E-state index is 13.7. The second-order valence-corrected chi connectivity index (χ2v) is 10.2. The quantitative estimate of drug-likeness (QED) is 0.215. The number of nitrogens with zero attached hydrogens (tertiary/aromatic N) is 2. The molecule has 36 heavy (non-hydrogen) atoms. The topological polar surface area (TPSA) is 127 Å². The number of anilines is 3. The summed E-state index contributed by atoms with van der Waals surface area (Å²) in [4.78, 5) is 7.59. The van der Waals surface area contributed by atoms with Crippen LogP contribution >= 0.6 is 12.2 Å². The summed E-state index contributed by atoms with van der Waals surface area (Å²) >= 11 is 5.39. The van der Waals surface area contributed by atoms with Crippen LogP contribution in [0.15, 0.2) is 18.2 Å². The van der Waals surface area contributed by atoms with Crippen LogP contribution in [-0.4, -0.2) is 63.5 Å². The third-order valence-electron chi connectivity index (χ3n) is 6.58. The van der Waals surface area contributed by atoms with Gasteiger partial charge in [-0.3, -0.25) is 10.4 Å². The minimum atomic E-state index is -1.35. The number of hydrogen-bond donors (Lipinski definition) is 6. The van der Waals surface area contributed by atoms with E-state index >= 15 is 0 Å². The SMILES string of the molecule is CC(C)(O)OC1CC(OCCO)CC1N1NNc2c1nc(=S)[nH]c2NC1CC1c1ccc(F)c(F)c1. The van der Waals surface area contributed by atoms with Crippen molar-refractivity contribution in [3.8, 4) is 0 Å². The number of H-pyrrole nitrogens is 1. The maximum Gasteiger partial charge on any atom is 0.200 e. The molecule has 1 aliphatic heterocycles. The van der Waals surface area contributed by atoms with Crippen LogP contribution in [0.3, 0.4) is 0 Å². The van der Waals surface area contributed by atoms with Crippen LogP contribution in [0.1, 0.15) is 44.6 Å². The Labute approximate surface area is 212 Å². The lowest BCUT2D eigenvalue weighted by molar-refractivity contribution is -0.208. The monoisotopic (exact) mass is 524 g/mol. The molecular weight excluding hydrogens is 494 g/mol. The van der Waals surface area contributed by atoms with E-state index in [-0.39, 0.29) is 48.2 Å². The highest BCUT2D eigenvalue weighted by Gasteiger charge is 2.45. The number of aromatic amines is 1. The molecule has 3 aliphatic rings. The molecule has 13 heteroatoms. The Morgan fingerprint density at radius 1 is 1.25 bits per heavy atom. The summed E-state index contributed by atoms with van der Waals surface area (Å²) in [6.07, 6.45) is 1.32. The number of halogens is 2. The maximum atomic E-state index is 13.7. The van der Waals surface area contributed by atoms with E-state index in [1.807, 2.05) is 5.01 Å². The third-order valence-corrected chi connectivity index (χ3v) is 6.77. The van der Waals surface area contributed by atoms with Gasteiger partial charge < -0.3 is 30.0 Å². The van der Waals surface area contributed by atoms with Gasteiger partial charge in [0.05, 0.1) is 31.5 Å². The molecule has 0 amide bonds. The third kappa shape index (κ3) is 5.31. The second-order valence-electron chi connectivity index (χ2n) is 9.85. The summed E-state index contributed by atoms with van der Waals surface area (Å²) in [7, 11) is 0. The van der Waals surface area contributed by atoms with Gasteiger partial charge in [0.1, 0.15) is 11.5 Å². The minimum absolute atomic E-state index is 0.0110. The van der Waals surface area contributed by atoms with E-state index in [1.54, 1.807) is 19.9 Å². The van der Waals surface area contributed by atoms with Crippen molar-refractivity contribution in [3.63, 3.8) is 0 Å². The Morgan fingerprint density at radius 2 is 2.06 bits per heavy atom. The van der Waals surface area contributed by atoms with Gasteiger partial charge in [-0.2, -0.15) is 4.98 Å². The molecule has 2 fully saturated rings. The van der Waals surface area contributed by atoms with E-state index in [1.165, 1.54) is 6.07 Å². The number of benzene rings is 1. The Morgan fingerprint density at radius 3 is 2.78 bits per heavy atom. The largest absolute Gasteiger partial charge is 0.394 e. The van der Waals surface area contributed by atoms with Crippen molar-refractivity contribution in [2.45, 2.75) is 69.1 Å². The van der Waals surface area contributed by atoms with E-state index in [2.05, 4.69) is 26.2 Å². The molecule has 2 saturated carbocycles. The van der Waals surface area contributed by atoms with Crippen molar-refractivity contribution in [1.29, 1.82) is 0 Å². The zero-order chi connectivity index (χ0) is 25.6. The summed E-state index contributed by atoms with van der Waals surface area (Å²) in [6, 6.07) is 3.75. The van der Waals surface area contributed by atoms with Crippen LogP contribution in [0.4, 0.5) is 26.1 Å².